The number of hydrogen-bond donors (Lipinski definition) is 1. The van der Waals surface area contributed by atoms with Gasteiger partial charge in [-0.2, -0.15) is 0 Å². The topological polar surface area (TPSA) is 51.4 Å². The highest BCUT2D eigenvalue weighted by atomic mass is 32.1. The van der Waals surface area contributed by atoms with Crippen molar-refractivity contribution in [2.24, 2.45) is 5.73 Å². The number of methoxy groups -OCH3 is 1. The Morgan fingerprint density at radius 1 is 1.47 bits per heavy atom. The Hall–Kier alpha value is -0.650. The predicted molar refractivity (Wildman–Crippen MR) is 80.6 cm³/mol. The van der Waals surface area contributed by atoms with E-state index in [0.717, 1.165) is 22.2 Å². The molecule has 1 unspecified atom stereocenters. The summed E-state index contributed by atoms with van der Waals surface area (Å²) in [5.41, 5.74) is 6.83. The molecule has 0 bridgehead atoms. The van der Waals surface area contributed by atoms with Gasteiger partial charge in [0, 0.05) is 31.1 Å². The zero-order chi connectivity index (χ0) is 13.7. The molecule has 2 heterocycles. The van der Waals surface area contributed by atoms with E-state index in [1.54, 1.807) is 18.4 Å². The quantitative estimate of drug-likeness (QED) is 0.872. The third kappa shape index (κ3) is 3.46. The van der Waals surface area contributed by atoms with Crippen LogP contribution in [-0.2, 0) is 17.9 Å². The normalized spacial score (nSPS) is 19.9. The summed E-state index contributed by atoms with van der Waals surface area (Å²) in [4.78, 5) is 8.43. The molecule has 0 amide bonds. The lowest BCUT2D eigenvalue weighted by molar-refractivity contribution is 0.181. The summed E-state index contributed by atoms with van der Waals surface area (Å²) in [7, 11) is 1.71. The van der Waals surface area contributed by atoms with Crippen LogP contribution in [0, 0.1) is 0 Å². The number of nitrogens with two attached hydrogens (primary N) is 1. The number of rotatable bonds is 6. The summed E-state index contributed by atoms with van der Waals surface area (Å²) >= 11 is 1.75. The summed E-state index contributed by atoms with van der Waals surface area (Å²) in [5.74, 6) is 0. The minimum Gasteiger partial charge on any atom is -0.378 e. The third-order valence-electron chi connectivity index (χ3n) is 3.73. The minimum atomic E-state index is 0.558. The van der Waals surface area contributed by atoms with Crippen LogP contribution in [0.3, 0.4) is 0 Å². The molecule has 1 aliphatic heterocycles. The average molecular weight is 283 g/mol. The van der Waals surface area contributed by atoms with Crippen molar-refractivity contribution in [3.63, 3.8) is 0 Å². The molecule has 5 heteroatoms. The summed E-state index contributed by atoms with van der Waals surface area (Å²) in [6.07, 6.45) is 6.42. The van der Waals surface area contributed by atoms with Crippen LogP contribution < -0.4 is 10.6 Å². The Kier molecular flexibility index (Phi) is 5.60. The first-order chi connectivity index (χ1) is 9.30. The van der Waals surface area contributed by atoms with E-state index >= 15 is 0 Å². The van der Waals surface area contributed by atoms with Gasteiger partial charge >= 0.3 is 0 Å². The number of ether oxygens (including phenoxy) is 1. The number of nitrogens with zero attached hydrogens (tertiary/aromatic N) is 2. The smallest absolute Gasteiger partial charge is 0.186 e. The van der Waals surface area contributed by atoms with Gasteiger partial charge in [0.2, 0.25) is 0 Å². The van der Waals surface area contributed by atoms with Gasteiger partial charge in [-0.05, 0) is 25.7 Å². The fourth-order valence-electron chi connectivity index (χ4n) is 2.79. The molecule has 1 atom stereocenters. The van der Waals surface area contributed by atoms with Gasteiger partial charge in [0.15, 0.2) is 5.13 Å². The van der Waals surface area contributed by atoms with Crippen molar-refractivity contribution < 1.29 is 4.74 Å². The molecule has 0 aromatic carbocycles. The van der Waals surface area contributed by atoms with Crippen LogP contribution in [0.1, 0.15) is 49.6 Å². The van der Waals surface area contributed by atoms with E-state index in [4.69, 9.17) is 15.5 Å². The van der Waals surface area contributed by atoms with Crippen LogP contribution in [-0.4, -0.2) is 24.7 Å². The molecule has 0 aliphatic carbocycles. The van der Waals surface area contributed by atoms with Crippen LogP contribution in [0.5, 0.6) is 0 Å². The summed E-state index contributed by atoms with van der Waals surface area (Å²) in [6, 6.07) is 0.658. The van der Waals surface area contributed by atoms with E-state index in [9.17, 15) is 0 Å². The molecule has 19 heavy (non-hydrogen) atoms. The standard InChI is InChI=1S/C14H25N3OS/c1-3-6-11-7-4-5-8-17(11)14-16-12(10-18-2)13(9-15)19-14/h11H,3-10,15H2,1-2H3. The zero-order valence-corrected chi connectivity index (χ0v) is 12.8. The number of piperidine rings is 1. The van der Waals surface area contributed by atoms with Crippen molar-refractivity contribution in [1.29, 1.82) is 0 Å². The third-order valence-corrected chi connectivity index (χ3v) is 4.89. The van der Waals surface area contributed by atoms with Gasteiger partial charge in [0.25, 0.3) is 0 Å². The molecule has 4 nitrogen and oxygen atoms in total. The number of anilines is 1. The van der Waals surface area contributed by atoms with Crippen molar-refractivity contribution >= 4 is 16.5 Å². The summed E-state index contributed by atoms with van der Waals surface area (Å²) in [6.45, 7) is 4.52. The van der Waals surface area contributed by atoms with Crippen LogP contribution in [0.15, 0.2) is 0 Å². The molecule has 2 N–H and O–H groups in total. The lowest BCUT2D eigenvalue weighted by Gasteiger charge is -2.35. The second-order valence-electron chi connectivity index (χ2n) is 5.14. The van der Waals surface area contributed by atoms with E-state index in [0.29, 0.717) is 19.2 Å². The van der Waals surface area contributed by atoms with Gasteiger partial charge < -0.3 is 15.4 Å². The van der Waals surface area contributed by atoms with Crippen molar-refractivity contribution in [2.75, 3.05) is 18.6 Å². The number of thiazole rings is 1. The van der Waals surface area contributed by atoms with Crippen LogP contribution in [0.25, 0.3) is 0 Å². The van der Waals surface area contributed by atoms with Crippen molar-refractivity contribution in [3.05, 3.63) is 10.6 Å². The summed E-state index contributed by atoms with van der Waals surface area (Å²) < 4.78 is 5.22. The van der Waals surface area contributed by atoms with Crippen LogP contribution in [0.2, 0.25) is 0 Å². The predicted octanol–water partition coefficient (Wildman–Crippen LogP) is 2.91. The second kappa shape index (κ2) is 7.22. The largest absolute Gasteiger partial charge is 0.378 e. The Morgan fingerprint density at radius 3 is 3.00 bits per heavy atom. The zero-order valence-electron chi connectivity index (χ0n) is 12.0. The maximum Gasteiger partial charge on any atom is 0.186 e. The highest BCUT2D eigenvalue weighted by molar-refractivity contribution is 7.15. The van der Waals surface area contributed by atoms with Gasteiger partial charge in [0.05, 0.1) is 12.3 Å². The second-order valence-corrected chi connectivity index (χ2v) is 6.20. The molecule has 0 spiro atoms. The lowest BCUT2D eigenvalue weighted by Crippen LogP contribution is -2.39. The van der Waals surface area contributed by atoms with E-state index in [1.807, 2.05) is 0 Å². The van der Waals surface area contributed by atoms with E-state index in [1.165, 1.54) is 32.1 Å². The summed E-state index contributed by atoms with van der Waals surface area (Å²) in [5, 5.41) is 1.14. The first kappa shape index (κ1) is 14.8. The van der Waals surface area contributed by atoms with Gasteiger partial charge in [-0.25, -0.2) is 4.98 Å². The van der Waals surface area contributed by atoms with Gasteiger partial charge in [-0.3, -0.25) is 0 Å². The number of aromatic nitrogens is 1. The van der Waals surface area contributed by atoms with Crippen molar-refractivity contribution in [2.45, 2.75) is 58.2 Å². The van der Waals surface area contributed by atoms with E-state index in [2.05, 4.69) is 11.8 Å². The Morgan fingerprint density at radius 2 is 2.32 bits per heavy atom. The molecule has 0 saturated carbocycles. The molecular weight excluding hydrogens is 258 g/mol. The minimum absolute atomic E-state index is 0.558. The molecular formula is C14H25N3OS. The van der Waals surface area contributed by atoms with Gasteiger partial charge in [0.1, 0.15) is 0 Å². The molecule has 1 aromatic heterocycles. The fourth-order valence-corrected chi connectivity index (χ4v) is 3.83. The fraction of sp³-hybridized carbons (Fsp3) is 0.786. The molecule has 1 aromatic rings. The SMILES string of the molecule is CCCC1CCCCN1c1nc(COC)c(CN)s1. The van der Waals surface area contributed by atoms with Gasteiger partial charge in [-0.15, -0.1) is 11.3 Å². The number of hydrogen-bond acceptors (Lipinski definition) is 5. The first-order valence-electron chi connectivity index (χ1n) is 7.24. The molecule has 1 aliphatic rings. The molecule has 2 rings (SSSR count). The molecule has 1 saturated heterocycles. The first-order valence-corrected chi connectivity index (χ1v) is 8.06. The molecule has 1 fully saturated rings. The maximum atomic E-state index is 5.81. The van der Waals surface area contributed by atoms with Gasteiger partial charge in [-0.1, -0.05) is 13.3 Å². The van der Waals surface area contributed by atoms with Crippen molar-refractivity contribution in [1.82, 2.24) is 4.98 Å². The maximum absolute atomic E-state index is 5.81. The monoisotopic (exact) mass is 283 g/mol. The van der Waals surface area contributed by atoms with Crippen LogP contribution in [0.4, 0.5) is 5.13 Å². The van der Waals surface area contributed by atoms with Crippen LogP contribution >= 0.6 is 11.3 Å². The van der Waals surface area contributed by atoms with Crippen molar-refractivity contribution in [3.8, 4) is 0 Å². The molecule has 0 radical (unpaired) electrons. The molecule has 108 valence electrons. The highest BCUT2D eigenvalue weighted by Crippen LogP contribution is 2.32. The van der Waals surface area contributed by atoms with E-state index < -0.39 is 0 Å². The highest BCUT2D eigenvalue weighted by Gasteiger charge is 2.25. The Balaban J connectivity index is 2.18. The average Bonchev–Trinajstić information content (AvgIpc) is 2.83. The lowest BCUT2D eigenvalue weighted by atomic mass is 9.99. The Bertz CT molecular complexity index is 392. The Labute approximate surface area is 120 Å². The van der Waals surface area contributed by atoms with E-state index in [-0.39, 0.29) is 0 Å².